The second-order valence-electron chi connectivity index (χ2n) is 3.82. The van der Waals surface area contributed by atoms with Crippen LogP contribution >= 0.6 is 15.9 Å². The van der Waals surface area contributed by atoms with Crippen LogP contribution in [-0.2, 0) is 0 Å². The van der Waals surface area contributed by atoms with Crippen molar-refractivity contribution in [1.29, 1.82) is 0 Å². The molecule has 1 heteroatoms. The molecule has 1 aromatic carbocycles. The predicted molar refractivity (Wildman–Crippen MR) is 72.4 cm³/mol. The van der Waals surface area contributed by atoms with Crippen LogP contribution in [0, 0.1) is 0 Å². The highest BCUT2D eigenvalue weighted by Crippen LogP contribution is 2.19. The molecule has 0 radical (unpaired) electrons. The van der Waals surface area contributed by atoms with Gasteiger partial charge in [0.25, 0.3) is 0 Å². The molecule has 0 aliphatic carbocycles. The highest BCUT2D eigenvalue weighted by molar-refractivity contribution is 9.09. The van der Waals surface area contributed by atoms with E-state index in [-0.39, 0.29) is 0 Å². The molecule has 0 aromatic heterocycles. The summed E-state index contributed by atoms with van der Waals surface area (Å²) in [4.78, 5) is 0. The zero-order chi connectivity index (χ0) is 10.9. The van der Waals surface area contributed by atoms with Gasteiger partial charge in [0.2, 0.25) is 0 Å². The van der Waals surface area contributed by atoms with Crippen molar-refractivity contribution in [1.82, 2.24) is 0 Å². The molecule has 0 heterocycles. The quantitative estimate of drug-likeness (QED) is 0.479. The molecule has 0 aliphatic rings. The lowest BCUT2D eigenvalue weighted by molar-refractivity contribution is 0.684. The number of rotatable bonds is 7. The number of alkyl halides is 1. The fraction of sp³-hybridized carbons (Fsp3) is 0.429. The van der Waals surface area contributed by atoms with Crippen molar-refractivity contribution >= 4 is 21.5 Å². The molecule has 0 N–H and O–H groups in total. The molecule has 15 heavy (non-hydrogen) atoms. The molecule has 0 amide bonds. The maximum Gasteiger partial charge on any atom is 0.00313 e. The molecule has 0 unspecified atom stereocenters. The summed E-state index contributed by atoms with van der Waals surface area (Å²) >= 11 is 3.45. The van der Waals surface area contributed by atoms with Crippen LogP contribution in [0.25, 0.3) is 5.57 Å². The van der Waals surface area contributed by atoms with Crippen molar-refractivity contribution in [3.8, 4) is 0 Å². The predicted octanol–water partition coefficient (Wildman–Crippen LogP) is 5.05. The van der Waals surface area contributed by atoms with E-state index in [1.54, 1.807) is 0 Å². The number of allylic oxidation sites excluding steroid dienone is 1. The van der Waals surface area contributed by atoms with E-state index in [2.05, 4.69) is 46.8 Å². The van der Waals surface area contributed by atoms with E-state index in [0.29, 0.717) is 0 Å². The Morgan fingerprint density at radius 3 is 2.33 bits per heavy atom. The number of halogens is 1. The molecular formula is C14H19Br. The molecule has 0 fully saturated rings. The van der Waals surface area contributed by atoms with Gasteiger partial charge in [-0.1, -0.05) is 65.7 Å². The molecule has 0 spiro atoms. The molecule has 1 rings (SSSR count). The Hall–Kier alpha value is -0.560. The minimum absolute atomic E-state index is 1.13. The Morgan fingerprint density at radius 2 is 1.67 bits per heavy atom. The highest BCUT2D eigenvalue weighted by atomic mass is 79.9. The molecular weight excluding hydrogens is 248 g/mol. The maximum atomic E-state index is 4.13. The first-order valence-corrected chi connectivity index (χ1v) is 6.76. The molecule has 1 aromatic rings. The molecule has 0 saturated heterocycles. The lowest BCUT2D eigenvalue weighted by Gasteiger charge is -2.05. The lowest BCUT2D eigenvalue weighted by atomic mass is 10.0. The van der Waals surface area contributed by atoms with Gasteiger partial charge in [0, 0.05) is 5.33 Å². The Morgan fingerprint density at radius 1 is 1.00 bits per heavy atom. The van der Waals surface area contributed by atoms with Gasteiger partial charge in [-0.2, -0.15) is 0 Å². The van der Waals surface area contributed by atoms with Crippen molar-refractivity contribution in [2.45, 2.75) is 32.1 Å². The largest absolute Gasteiger partial charge is 0.0952 e. The minimum atomic E-state index is 1.13. The van der Waals surface area contributed by atoms with Crippen LogP contribution in [0.3, 0.4) is 0 Å². The highest BCUT2D eigenvalue weighted by Gasteiger charge is 1.97. The average molecular weight is 267 g/mol. The van der Waals surface area contributed by atoms with E-state index in [9.17, 15) is 0 Å². The van der Waals surface area contributed by atoms with Gasteiger partial charge in [0.1, 0.15) is 0 Å². The van der Waals surface area contributed by atoms with E-state index in [0.717, 1.165) is 11.8 Å². The molecule has 0 atom stereocenters. The van der Waals surface area contributed by atoms with Crippen molar-refractivity contribution in [3.63, 3.8) is 0 Å². The molecule has 0 bridgehead atoms. The van der Waals surface area contributed by atoms with E-state index >= 15 is 0 Å². The van der Waals surface area contributed by atoms with Gasteiger partial charge in [0.15, 0.2) is 0 Å². The normalized spacial score (nSPS) is 10.2. The summed E-state index contributed by atoms with van der Waals surface area (Å²) in [6.45, 7) is 4.13. The zero-order valence-corrected chi connectivity index (χ0v) is 10.8. The average Bonchev–Trinajstić information content (AvgIpc) is 2.30. The second kappa shape index (κ2) is 7.70. The Labute approximate surface area is 102 Å². The van der Waals surface area contributed by atoms with E-state index in [4.69, 9.17) is 0 Å². The zero-order valence-electron chi connectivity index (χ0n) is 9.21. The van der Waals surface area contributed by atoms with Crippen LogP contribution in [0.15, 0.2) is 36.9 Å². The van der Waals surface area contributed by atoms with Crippen molar-refractivity contribution in [2.75, 3.05) is 5.33 Å². The lowest BCUT2D eigenvalue weighted by Crippen LogP contribution is -1.84. The third kappa shape index (κ3) is 5.17. The summed E-state index contributed by atoms with van der Waals surface area (Å²) in [7, 11) is 0. The first kappa shape index (κ1) is 12.5. The topological polar surface area (TPSA) is 0 Å². The molecule has 0 nitrogen and oxygen atoms in total. The first-order valence-electron chi connectivity index (χ1n) is 5.64. The van der Waals surface area contributed by atoms with Crippen LogP contribution in [0.1, 0.15) is 37.7 Å². The van der Waals surface area contributed by atoms with Crippen LogP contribution in [0.4, 0.5) is 0 Å². The summed E-state index contributed by atoms with van der Waals surface area (Å²) in [5, 5.41) is 1.13. The third-order valence-corrected chi connectivity index (χ3v) is 3.10. The van der Waals surface area contributed by atoms with Gasteiger partial charge in [-0.3, -0.25) is 0 Å². The number of hydrogen-bond acceptors (Lipinski definition) is 0. The molecule has 0 aliphatic heterocycles. The summed E-state index contributed by atoms with van der Waals surface area (Å²) < 4.78 is 0. The molecule has 82 valence electrons. The van der Waals surface area contributed by atoms with Crippen molar-refractivity contribution < 1.29 is 0 Å². The Bertz CT molecular complexity index is 277. The number of benzene rings is 1. The minimum Gasteiger partial charge on any atom is -0.0952 e. The van der Waals surface area contributed by atoms with Gasteiger partial charge in [-0.15, -0.1) is 0 Å². The second-order valence-corrected chi connectivity index (χ2v) is 4.62. The van der Waals surface area contributed by atoms with E-state index < -0.39 is 0 Å². The van der Waals surface area contributed by atoms with Gasteiger partial charge >= 0.3 is 0 Å². The smallest absolute Gasteiger partial charge is 0.00313 e. The number of hydrogen-bond donors (Lipinski definition) is 0. The summed E-state index contributed by atoms with van der Waals surface area (Å²) in [5.74, 6) is 0. The summed E-state index contributed by atoms with van der Waals surface area (Å²) in [6, 6.07) is 10.5. The fourth-order valence-corrected chi connectivity index (χ4v) is 2.00. The van der Waals surface area contributed by atoms with Crippen molar-refractivity contribution in [3.05, 3.63) is 42.5 Å². The number of unbranched alkanes of at least 4 members (excludes halogenated alkanes) is 3. The van der Waals surface area contributed by atoms with Crippen LogP contribution in [0.5, 0.6) is 0 Å². The van der Waals surface area contributed by atoms with Crippen LogP contribution in [-0.4, -0.2) is 5.33 Å². The first-order chi connectivity index (χ1) is 7.34. The van der Waals surface area contributed by atoms with Crippen molar-refractivity contribution in [2.24, 2.45) is 0 Å². The molecule has 0 saturated carbocycles. The summed E-state index contributed by atoms with van der Waals surface area (Å²) in [6.07, 6.45) is 6.33. The van der Waals surface area contributed by atoms with E-state index in [1.807, 2.05) is 6.07 Å². The summed E-state index contributed by atoms with van der Waals surface area (Å²) in [5.41, 5.74) is 2.56. The van der Waals surface area contributed by atoms with Gasteiger partial charge < -0.3 is 0 Å². The van der Waals surface area contributed by atoms with Gasteiger partial charge in [0.05, 0.1) is 0 Å². The Kier molecular flexibility index (Phi) is 6.42. The van der Waals surface area contributed by atoms with Gasteiger partial charge in [-0.25, -0.2) is 0 Å². The van der Waals surface area contributed by atoms with Crippen LogP contribution < -0.4 is 0 Å². The van der Waals surface area contributed by atoms with Crippen LogP contribution in [0.2, 0.25) is 0 Å². The SMILES string of the molecule is C=C(CCCCCCBr)c1ccccc1. The van der Waals surface area contributed by atoms with E-state index in [1.165, 1.54) is 36.8 Å². The maximum absolute atomic E-state index is 4.13. The standard InChI is InChI=1S/C14H19Br/c1-13(9-5-2-3-8-12-15)14-10-6-4-7-11-14/h4,6-7,10-11H,1-3,5,8-9,12H2. The van der Waals surface area contributed by atoms with Gasteiger partial charge in [-0.05, 0) is 30.4 Å². The fourth-order valence-electron chi connectivity index (χ4n) is 1.60. The third-order valence-electron chi connectivity index (χ3n) is 2.54. The monoisotopic (exact) mass is 266 g/mol. The Balaban J connectivity index is 2.20.